The van der Waals surface area contributed by atoms with Crippen molar-refractivity contribution < 1.29 is 4.74 Å². The highest BCUT2D eigenvalue weighted by Crippen LogP contribution is 2.23. The molecule has 1 aliphatic carbocycles. The first-order chi connectivity index (χ1) is 9.81. The van der Waals surface area contributed by atoms with E-state index in [1.54, 1.807) is 0 Å². The Morgan fingerprint density at radius 3 is 2.70 bits per heavy atom. The maximum absolute atomic E-state index is 5.87. The number of benzene rings is 1. The van der Waals surface area contributed by atoms with Crippen LogP contribution >= 0.6 is 0 Å². The predicted molar refractivity (Wildman–Crippen MR) is 82.3 cm³/mol. The van der Waals surface area contributed by atoms with E-state index in [1.807, 2.05) is 24.4 Å². The van der Waals surface area contributed by atoms with E-state index < -0.39 is 0 Å². The summed E-state index contributed by atoms with van der Waals surface area (Å²) < 4.78 is 5.87. The van der Waals surface area contributed by atoms with Crippen LogP contribution in [0.1, 0.15) is 43.6 Å². The first kappa shape index (κ1) is 13.2. The van der Waals surface area contributed by atoms with Crippen LogP contribution < -0.4 is 5.73 Å². The number of hydrogen-bond acceptors (Lipinski definition) is 4. The molecule has 0 aromatic heterocycles. The summed E-state index contributed by atoms with van der Waals surface area (Å²) >= 11 is 0. The minimum atomic E-state index is 0.206. The SMILES string of the molecule is Nc1cccc(C2C=NC(OC3CCCCC3)=NC2)c1. The van der Waals surface area contributed by atoms with Crippen LogP contribution in [-0.4, -0.2) is 24.9 Å². The molecule has 0 bridgehead atoms. The number of nitrogen functional groups attached to an aromatic ring is 1. The number of ether oxygens (including phenoxy) is 1. The zero-order valence-electron chi connectivity index (χ0n) is 11.7. The average molecular weight is 271 g/mol. The lowest BCUT2D eigenvalue weighted by molar-refractivity contribution is 0.139. The van der Waals surface area contributed by atoms with E-state index in [0.717, 1.165) is 24.1 Å². The molecule has 1 heterocycles. The number of nitrogens with two attached hydrogens (primary N) is 1. The van der Waals surface area contributed by atoms with Crippen LogP contribution in [-0.2, 0) is 4.74 Å². The van der Waals surface area contributed by atoms with Crippen molar-refractivity contribution in [2.75, 3.05) is 12.3 Å². The molecule has 1 unspecified atom stereocenters. The molecule has 0 spiro atoms. The van der Waals surface area contributed by atoms with Gasteiger partial charge in [0.25, 0.3) is 0 Å². The molecule has 1 aromatic carbocycles. The van der Waals surface area contributed by atoms with Crippen molar-refractivity contribution in [3.63, 3.8) is 0 Å². The van der Waals surface area contributed by atoms with E-state index in [1.165, 1.54) is 19.3 Å². The Labute approximate surface area is 119 Å². The Bertz CT molecular complexity index is 518. The monoisotopic (exact) mass is 271 g/mol. The van der Waals surface area contributed by atoms with Gasteiger partial charge in [0.1, 0.15) is 6.10 Å². The van der Waals surface area contributed by atoms with Gasteiger partial charge in [0, 0.05) is 17.8 Å². The Balaban J connectivity index is 1.59. The second-order valence-corrected chi connectivity index (χ2v) is 5.56. The van der Waals surface area contributed by atoms with Crippen molar-refractivity contribution >= 4 is 17.9 Å². The Kier molecular flexibility index (Phi) is 4.00. The van der Waals surface area contributed by atoms with E-state index in [4.69, 9.17) is 10.5 Å². The number of hydrogen-bond donors (Lipinski definition) is 1. The smallest absolute Gasteiger partial charge is 0.311 e. The Morgan fingerprint density at radius 1 is 1.15 bits per heavy atom. The molecule has 1 aliphatic heterocycles. The van der Waals surface area contributed by atoms with Crippen LogP contribution in [0.5, 0.6) is 0 Å². The molecule has 1 aromatic rings. The van der Waals surface area contributed by atoms with Crippen molar-refractivity contribution in [2.24, 2.45) is 9.98 Å². The van der Waals surface area contributed by atoms with Crippen molar-refractivity contribution in [2.45, 2.75) is 44.1 Å². The molecule has 20 heavy (non-hydrogen) atoms. The van der Waals surface area contributed by atoms with Gasteiger partial charge >= 0.3 is 6.02 Å². The standard InChI is InChI=1S/C16H21N3O/c17-14-6-4-5-12(9-14)13-10-18-16(19-11-13)20-15-7-2-1-3-8-15/h4-6,9-10,13,15H,1-3,7-8,11,17H2. The van der Waals surface area contributed by atoms with Gasteiger partial charge in [0.2, 0.25) is 0 Å². The number of nitrogens with zero attached hydrogens (tertiary/aromatic N) is 2. The summed E-state index contributed by atoms with van der Waals surface area (Å²) in [6.45, 7) is 0.689. The third-order valence-electron chi connectivity index (χ3n) is 3.95. The van der Waals surface area contributed by atoms with Gasteiger partial charge in [-0.2, -0.15) is 0 Å². The molecule has 1 fully saturated rings. The van der Waals surface area contributed by atoms with Gasteiger partial charge in [0.05, 0.1) is 6.54 Å². The number of anilines is 1. The van der Waals surface area contributed by atoms with E-state index in [9.17, 15) is 0 Å². The molecule has 106 valence electrons. The molecule has 2 aliphatic rings. The molecule has 4 heteroatoms. The van der Waals surface area contributed by atoms with E-state index in [-0.39, 0.29) is 5.92 Å². The molecule has 1 atom stereocenters. The van der Waals surface area contributed by atoms with Crippen LogP contribution in [0.3, 0.4) is 0 Å². The minimum absolute atomic E-state index is 0.206. The van der Waals surface area contributed by atoms with E-state index in [2.05, 4.69) is 16.1 Å². The van der Waals surface area contributed by atoms with Crippen molar-refractivity contribution in [1.29, 1.82) is 0 Å². The predicted octanol–water partition coefficient (Wildman–Crippen LogP) is 3.14. The zero-order valence-corrected chi connectivity index (χ0v) is 11.7. The topological polar surface area (TPSA) is 60.0 Å². The molecule has 0 saturated heterocycles. The van der Waals surface area contributed by atoms with Gasteiger partial charge in [-0.05, 0) is 43.4 Å². The maximum atomic E-state index is 5.87. The van der Waals surface area contributed by atoms with E-state index >= 15 is 0 Å². The summed E-state index contributed by atoms with van der Waals surface area (Å²) in [5.41, 5.74) is 7.75. The minimum Gasteiger partial charge on any atom is -0.460 e. The van der Waals surface area contributed by atoms with E-state index in [0.29, 0.717) is 18.7 Å². The fourth-order valence-electron chi connectivity index (χ4n) is 2.80. The van der Waals surface area contributed by atoms with Crippen molar-refractivity contribution in [3.05, 3.63) is 29.8 Å². The summed E-state index contributed by atoms with van der Waals surface area (Å²) in [5.74, 6) is 0.206. The molecule has 2 N–H and O–H groups in total. The third kappa shape index (κ3) is 3.18. The summed E-state index contributed by atoms with van der Waals surface area (Å²) in [4.78, 5) is 8.84. The van der Waals surface area contributed by atoms with Crippen LogP contribution in [0.2, 0.25) is 0 Å². The fourth-order valence-corrected chi connectivity index (χ4v) is 2.80. The molecule has 4 nitrogen and oxygen atoms in total. The largest absolute Gasteiger partial charge is 0.460 e. The fraction of sp³-hybridized carbons (Fsp3) is 0.500. The van der Waals surface area contributed by atoms with Crippen LogP contribution in [0.25, 0.3) is 0 Å². The molecular formula is C16H21N3O. The molecule has 1 saturated carbocycles. The van der Waals surface area contributed by atoms with Crippen LogP contribution in [0.4, 0.5) is 5.69 Å². The Morgan fingerprint density at radius 2 is 2.00 bits per heavy atom. The van der Waals surface area contributed by atoms with Crippen molar-refractivity contribution in [1.82, 2.24) is 0 Å². The number of amidine groups is 1. The first-order valence-electron chi connectivity index (χ1n) is 7.42. The summed E-state index contributed by atoms with van der Waals surface area (Å²) in [5, 5.41) is 0. The normalized spacial score (nSPS) is 23.4. The number of aliphatic imine (C=N–C) groups is 2. The lowest BCUT2D eigenvalue weighted by Crippen LogP contribution is -2.23. The molecule has 0 radical (unpaired) electrons. The molecular weight excluding hydrogens is 250 g/mol. The van der Waals surface area contributed by atoms with Crippen LogP contribution in [0.15, 0.2) is 34.3 Å². The summed E-state index contributed by atoms with van der Waals surface area (Å²) in [6.07, 6.45) is 8.35. The average Bonchev–Trinajstić information content (AvgIpc) is 2.49. The van der Waals surface area contributed by atoms with Gasteiger partial charge in [0.15, 0.2) is 0 Å². The quantitative estimate of drug-likeness (QED) is 0.840. The zero-order chi connectivity index (χ0) is 13.8. The molecule has 0 amide bonds. The highest BCUT2D eigenvalue weighted by Gasteiger charge is 2.19. The summed E-state index contributed by atoms with van der Waals surface area (Å²) in [7, 11) is 0. The van der Waals surface area contributed by atoms with Gasteiger partial charge in [-0.15, -0.1) is 0 Å². The van der Waals surface area contributed by atoms with Crippen molar-refractivity contribution in [3.8, 4) is 0 Å². The van der Waals surface area contributed by atoms with Gasteiger partial charge in [-0.3, -0.25) is 0 Å². The first-order valence-corrected chi connectivity index (χ1v) is 7.42. The lowest BCUT2D eigenvalue weighted by atomic mass is 9.98. The van der Waals surface area contributed by atoms with Crippen LogP contribution in [0, 0.1) is 0 Å². The Hall–Kier alpha value is -1.84. The molecule has 3 rings (SSSR count). The van der Waals surface area contributed by atoms with Gasteiger partial charge in [-0.1, -0.05) is 18.6 Å². The van der Waals surface area contributed by atoms with Gasteiger partial charge in [-0.25, -0.2) is 9.98 Å². The third-order valence-corrected chi connectivity index (χ3v) is 3.95. The second kappa shape index (κ2) is 6.07. The maximum Gasteiger partial charge on any atom is 0.311 e. The highest BCUT2D eigenvalue weighted by atomic mass is 16.5. The van der Waals surface area contributed by atoms with Gasteiger partial charge < -0.3 is 10.5 Å². The number of rotatable bonds is 2. The summed E-state index contributed by atoms with van der Waals surface area (Å²) in [6, 6.07) is 8.46. The lowest BCUT2D eigenvalue weighted by Gasteiger charge is -2.23. The highest BCUT2D eigenvalue weighted by molar-refractivity contribution is 5.88. The second-order valence-electron chi connectivity index (χ2n) is 5.56.